The number of nitrogens with one attached hydrogen (secondary N) is 1. The van der Waals surface area contributed by atoms with Crippen molar-refractivity contribution in [3.8, 4) is 0 Å². The van der Waals surface area contributed by atoms with Crippen molar-refractivity contribution in [2.24, 2.45) is 0 Å². The van der Waals surface area contributed by atoms with Crippen LogP contribution in [0.2, 0.25) is 0 Å². The van der Waals surface area contributed by atoms with Crippen LogP contribution in [0.1, 0.15) is 35.7 Å². The van der Waals surface area contributed by atoms with Gasteiger partial charge in [-0.05, 0) is 51.0 Å². The van der Waals surface area contributed by atoms with E-state index < -0.39 is 0 Å². The summed E-state index contributed by atoms with van der Waals surface area (Å²) in [7, 11) is 2.06. The van der Waals surface area contributed by atoms with Crippen LogP contribution in [0.3, 0.4) is 0 Å². The highest BCUT2D eigenvalue weighted by atomic mass is 16.2. The molecule has 1 amide bonds. The number of rotatable bonds is 4. The van der Waals surface area contributed by atoms with E-state index in [1.165, 1.54) is 0 Å². The first kappa shape index (κ1) is 21.3. The number of nitrogens with two attached hydrogens (primary N) is 1. The summed E-state index contributed by atoms with van der Waals surface area (Å²) in [6.07, 6.45) is 3.42. The number of carbonyl (C=O) groups is 1. The predicted molar refractivity (Wildman–Crippen MR) is 134 cm³/mol. The molecule has 2 aliphatic heterocycles. The number of hydrogen-bond acceptors (Lipinski definition) is 7. The second kappa shape index (κ2) is 8.42. The Morgan fingerprint density at radius 3 is 2.70 bits per heavy atom. The van der Waals surface area contributed by atoms with Crippen molar-refractivity contribution < 1.29 is 4.79 Å². The third-order valence-electron chi connectivity index (χ3n) is 6.78. The van der Waals surface area contributed by atoms with E-state index in [9.17, 15) is 4.79 Å². The molecule has 0 aliphatic carbocycles. The SMILES string of the molecule is CCNc1cc2ncnc(N3CCC(N4CN(C)c5ccc(C)cc5C4=O)CC3)c2cc1N. The first-order valence-electron chi connectivity index (χ1n) is 11.6. The number of amides is 1. The Balaban J connectivity index is 1.35. The number of nitrogens with zero attached hydrogens (tertiary/aromatic N) is 5. The summed E-state index contributed by atoms with van der Waals surface area (Å²) in [5, 5.41) is 4.25. The van der Waals surface area contributed by atoms with Gasteiger partial charge in [0.1, 0.15) is 12.1 Å². The standard InChI is InChI=1S/C25H31N7O/c1-4-27-22-13-21-18(12-20(22)26)24(29-14-28-21)31-9-7-17(8-10-31)32-15-30(3)23-6-5-16(2)11-19(23)25(32)33/h5-6,11-14,17,27H,4,7-10,15,26H2,1-3H3. The molecule has 3 aromatic rings. The van der Waals surface area contributed by atoms with Crippen molar-refractivity contribution in [3.05, 3.63) is 47.8 Å². The van der Waals surface area contributed by atoms with E-state index in [-0.39, 0.29) is 11.9 Å². The third kappa shape index (κ3) is 3.79. The van der Waals surface area contributed by atoms with Crippen LogP contribution in [-0.2, 0) is 0 Å². The molecule has 3 N–H and O–H groups in total. The van der Waals surface area contributed by atoms with Gasteiger partial charge in [-0.25, -0.2) is 9.97 Å². The summed E-state index contributed by atoms with van der Waals surface area (Å²) >= 11 is 0. The molecule has 0 saturated carbocycles. The summed E-state index contributed by atoms with van der Waals surface area (Å²) in [5.41, 5.74) is 11.7. The minimum Gasteiger partial charge on any atom is -0.397 e. The maximum atomic E-state index is 13.3. The molecule has 0 spiro atoms. The van der Waals surface area contributed by atoms with E-state index >= 15 is 0 Å². The maximum absolute atomic E-state index is 13.3. The second-order valence-corrected chi connectivity index (χ2v) is 9.04. The molecule has 0 bridgehead atoms. The molecule has 1 saturated heterocycles. The fourth-order valence-corrected chi connectivity index (χ4v) is 5.05. The van der Waals surface area contributed by atoms with E-state index in [1.807, 2.05) is 36.9 Å². The fraction of sp³-hybridized carbons (Fsp3) is 0.400. The summed E-state index contributed by atoms with van der Waals surface area (Å²) in [5.74, 6) is 1.05. The number of piperidine rings is 1. The van der Waals surface area contributed by atoms with Gasteiger partial charge in [-0.1, -0.05) is 11.6 Å². The van der Waals surface area contributed by atoms with Gasteiger partial charge in [0, 0.05) is 38.1 Å². The Morgan fingerprint density at radius 1 is 1.15 bits per heavy atom. The zero-order chi connectivity index (χ0) is 23.1. The van der Waals surface area contributed by atoms with Crippen LogP contribution in [0.5, 0.6) is 0 Å². The van der Waals surface area contributed by atoms with Gasteiger partial charge in [-0.15, -0.1) is 0 Å². The van der Waals surface area contributed by atoms with Crippen molar-refractivity contribution in [3.63, 3.8) is 0 Å². The minimum atomic E-state index is 0.140. The smallest absolute Gasteiger partial charge is 0.257 e. The Kier molecular flexibility index (Phi) is 5.44. The van der Waals surface area contributed by atoms with Gasteiger partial charge in [0.05, 0.1) is 34.8 Å². The molecule has 1 fully saturated rings. The molecule has 2 aromatic carbocycles. The summed E-state index contributed by atoms with van der Waals surface area (Å²) in [6, 6.07) is 10.3. The van der Waals surface area contributed by atoms with Crippen LogP contribution >= 0.6 is 0 Å². The molecule has 172 valence electrons. The number of fused-ring (bicyclic) bond motifs is 2. The van der Waals surface area contributed by atoms with Crippen LogP contribution in [-0.4, -0.2) is 60.2 Å². The fourth-order valence-electron chi connectivity index (χ4n) is 5.05. The van der Waals surface area contributed by atoms with Gasteiger partial charge in [0.25, 0.3) is 5.91 Å². The molecule has 2 aliphatic rings. The molecule has 0 unspecified atom stereocenters. The highest BCUT2D eigenvalue weighted by Crippen LogP contribution is 2.34. The average molecular weight is 446 g/mol. The van der Waals surface area contributed by atoms with Gasteiger partial charge < -0.3 is 25.8 Å². The molecular weight excluding hydrogens is 414 g/mol. The molecule has 8 heteroatoms. The molecule has 0 atom stereocenters. The highest BCUT2D eigenvalue weighted by molar-refractivity contribution is 6.02. The summed E-state index contributed by atoms with van der Waals surface area (Å²) in [4.78, 5) is 28.9. The Labute approximate surface area is 194 Å². The molecule has 1 aromatic heterocycles. The normalized spacial score (nSPS) is 16.9. The highest BCUT2D eigenvalue weighted by Gasteiger charge is 2.34. The zero-order valence-corrected chi connectivity index (χ0v) is 19.5. The first-order chi connectivity index (χ1) is 16.0. The number of hydrogen-bond donors (Lipinski definition) is 2. The quantitative estimate of drug-likeness (QED) is 0.594. The Bertz CT molecular complexity index is 1200. The van der Waals surface area contributed by atoms with Crippen LogP contribution in [0.15, 0.2) is 36.7 Å². The van der Waals surface area contributed by atoms with E-state index in [1.54, 1.807) is 6.33 Å². The molecular formula is C25H31N7O. The average Bonchev–Trinajstić information content (AvgIpc) is 2.82. The second-order valence-electron chi connectivity index (χ2n) is 9.04. The van der Waals surface area contributed by atoms with E-state index in [2.05, 4.69) is 44.3 Å². The van der Waals surface area contributed by atoms with E-state index in [0.29, 0.717) is 12.4 Å². The monoisotopic (exact) mass is 445 g/mol. The lowest BCUT2D eigenvalue weighted by Gasteiger charge is -2.43. The summed E-state index contributed by atoms with van der Waals surface area (Å²) in [6.45, 7) is 7.17. The Hall–Kier alpha value is -3.55. The number of aryl methyl sites for hydroxylation is 1. The molecule has 5 rings (SSSR count). The Morgan fingerprint density at radius 2 is 1.94 bits per heavy atom. The van der Waals surface area contributed by atoms with Crippen LogP contribution in [0, 0.1) is 6.92 Å². The van der Waals surface area contributed by atoms with Crippen molar-refractivity contribution in [1.29, 1.82) is 0 Å². The predicted octanol–water partition coefficient (Wildman–Crippen LogP) is 3.47. The van der Waals surface area contributed by atoms with E-state index in [0.717, 1.165) is 71.7 Å². The molecule has 0 radical (unpaired) electrons. The lowest BCUT2D eigenvalue weighted by Crippen LogP contribution is -2.53. The lowest BCUT2D eigenvalue weighted by atomic mass is 9.99. The van der Waals surface area contributed by atoms with Crippen LogP contribution in [0.25, 0.3) is 10.9 Å². The molecule has 3 heterocycles. The number of benzene rings is 2. The number of anilines is 4. The van der Waals surface area contributed by atoms with Crippen LogP contribution < -0.4 is 20.9 Å². The minimum absolute atomic E-state index is 0.140. The first-order valence-corrected chi connectivity index (χ1v) is 11.6. The number of nitrogen functional groups attached to an aromatic ring is 1. The van der Waals surface area contributed by atoms with Gasteiger partial charge >= 0.3 is 0 Å². The van der Waals surface area contributed by atoms with Gasteiger partial charge in [0.2, 0.25) is 0 Å². The van der Waals surface area contributed by atoms with Crippen molar-refractivity contribution >= 4 is 39.7 Å². The number of carbonyl (C=O) groups excluding carboxylic acids is 1. The van der Waals surface area contributed by atoms with Gasteiger partial charge in [-0.3, -0.25) is 4.79 Å². The maximum Gasteiger partial charge on any atom is 0.257 e. The molecule has 33 heavy (non-hydrogen) atoms. The van der Waals surface area contributed by atoms with Crippen molar-refractivity contribution in [2.45, 2.75) is 32.7 Å². The van der Waals surface area contributed by atoms with E-state index in [4.69, 9.17) is 5.73 Å². The van der Waals surface area contributed by atoms with Gasteiger partial charge in [-0.2, -0.15) is 0 Å². The summed E-state index contributed by atoms with van der Waals surface area (Å²) < 4.78 is 0. The molecule has 8 nitrogen and oxygen atoms in total. The largest absolute Gasteiger partial charge is 0.397 e. The third-order valence-corrected chi connectivity index (χ3v) is 6.78. The lowest BCUT2D eigenvalue weighted by molar-refractivity contribution is 0.0636. The van der Waals surface area contributed by atoms with Gasteiger partial charge in [0.15, 0.2) is 0 Å². The van der Waals surface area contributed by atoms with Crippen molar-refractivity contribution in [1.82, 2.24) is 14.9 Å². The number of aromatic nitrogens is 2. The van der Waals surface area contributed by atoms with Crippen LogP contribution in [0.4, 0.5) is 22.9 Å². The zero-order valence-electron chi connectivity index (χ0n) is 19.5. The van der Waals surface area contributed by atoms with Crippen molar-refractivity contribution in [2.75, 3.05) is 54.2 Å². The topological polar surface area (TPSA) is 90.6 Å².